The van der Waals surface area contributed by atoms with Crippen LogP contribution in [0.5, 0.6) is 0 Å². The fourth-order valence-electron chi connectivity index (χ4n) is 8.46. The maximum Gasteiger partial charge on any atom is 0.143 e. The van der Waals surface area contributed by atoms with E-state index < -0.39 is 0 Å². The fourth-order valence-corrected chi connectivity index (χ4v) is 8.46. The summed E-state index contributed by atoms with van der Waals surface area (Å²) in [6.45, 7) is 0. The van der Waals surface area contributed by atoms with Crippen LogP contribution in [-0.2, 0) is 0 Å². The number of hydrogen-bond acceptors (Lipinski definition) is 1. The Morgan fingerprint density at radius 1 is 0.265 bits per heavy atom. The summed E-state index contributed by atoms with van der Waals surface area (Å²) in [5.74, 6) is 0. The van der Waals surface area contributed by atoms with E-state index in [1.807, 2.05) is 6.07 Å². The number of benzene rings is 10. The van der Waals surface area contributed by atoms with Gasteiger partial charge in [0.25, 0.3) is 0 Å². The van der Waals surface area contributed by atoms with Crippen LogP contribution in [0.4, 0.5) is 0 Å². The van der Waals surface area contributed by atoms with Crippen LogP contribution < -0.4 is 0 Å². The van der Waals surface area contributed by atoms with Crippen LogP contribution in [0.2, 0.25) is 0 Å². The van der Waals surface area contributed by atoms with E-state index in [0.29, 0.717) is 0 Å². The molecule has 1 aromatic heterocycles. The van der Waals surface area contributed by atoms with Gasteiger partial charge in [-0.25, -0.2) is 0 Å². The zero-order chi connectivity index (χ0) is 32.1. The quantitative estimate of drug-likeness (QED) is 0.179. The molecule has 0 amide bonds. The number of para-hydroxylation sites is 2. The summed E-state index contributed by atoms with van der Waals surface area (Å²) in [6.07, 6.45) is 0. The van der Waals surface area contributed by atoms with Crippen molar-refractivity contribution < 1.29 is 4.42 Å². The lowest BCUT2D eigenvalue weighted by Gasteiger charge is -2.20. The first-order chi connectivity index (χ1) is 24.3. The second kappa shape index (κ2) is 10.0. The molecule has 226 valence electrons. The highest BCUT2D eigenvalue weighted by molar-refractivity contribution is 6.31. The summed E-state index contributed by atoms with van der Waals surface area (Å²) in [7, 11) is 0. The molecule has 0 bridgehead atoms. The van der Waals surface area contributed by atoms with Gasteiger partial charge in [0, 0.05) is 16.3 Å². The second-order valence-electron chi connectivity index (χ2n) is 13.2. The summed E-state index contributed by atoms with van der Waals surface area (Å²) in [5.41, 5.74) is 9.14. The third kappa shape index (κ3) is 3.76. The highest BCUT2D eigenvalue weighted by atomic mass is 16.3. The van der Waals surface area contributed by atoms with Gasteiger partial charge >= 0.3 is 0 Å². The highest BCUT2D eigenvalue weighted by Crippen LogP contribution is 2.48. The molecule has 0 atom stereocenters. The van der Waals surface area contributed by atoms with Gasteiger partial charge in [-0.05, 0) is 93.8 Å². The van der Waals surface area contributed by atoms with Gasteiger partial charge in [0.2, 0.25) is 0 Å². The van der Waals surface area contributed by atoms with Crippen LogP contribution in [-0.4, -0.2) is 0 Å². The zero-order valence-corrected chi connectivity index (χ0v) is 26.6. The zero-order valence-electron chi connectivity index (χ0n) is 26.6. The minimum absolute atomic E-state index is 0.914. The fraction of sp³-hybridized carbons (Fsp3) is 0. The summed E-state index contributed by atoms with van der Waals surface area (Å²) < 4.78 is 6.66. The minimum atomic E-state index is 0.914. The Kier molecular flexibility index (Phi) is 5.45. The number of furan rings is 1. The summed E-state index contributed by atoms with van der Waals surface area (Å²) in [4.78, 5) is 0. The average molecular weight is 621 g/mol. The Bertz CT molecular complexity index is 3090. The average Bonchev–Trinajstić information content (AvgIpc) is 3.55. The molecule has 11 aromatic rings. The molecule has 1 nitrogen and oxygen atoms in total. The van der Waals surface area contributed by atoms with Crippen LogP contribution >= 0.6 is 0 Å². The monoisotopic (exact) mass is 620 g/mol. The van der Waals surface area contributed by atoms with E-state index in [2.05, 4.69) is 164 Å². The molecule has 0 saturated carbocycles. The molecule has 1 heterocycles. The highest BCUT2D eigenvalue weighted by Gasteiger charge is 2.21. The molecule has 0 saturated heterocycles. The van der Waals surface area contributed by atoms with Gasteiger partial charge < -0.3 is 4.42 Å². The molecule has 0 aliphatic carbocycles. The van der Waals surface area contributed by atoms with Crippen molar-refractivity contribution >= 4 is 75.8 Å². The standard InChI is InChI=1S/C48H28O/c1-3-14-32-29(10-1)12-7-17-34(32)36-24-22-31-23-25-39-43(35-18-8-13-30-11-2-4-15-33(30)35)28-44(40-27-26-38(36)46(31)47(39)40)42-20-9-19-41-37-16-5-6-21-45(37)49-48(41)42/h1-28H. The molecule has 11 rings (SSSR count). The Hall–Kier alpha value is -6.44. The normalized spacial score (nSPS) is 12.1. The molecule has 0 N–H and O–H groups in total. The van der Waals surface area contributed by atoms with E-state index in [9.17, 15) is 0 Å². The van der Waals surface area contributed by atoms with Crippen molar-refractivity contribution in [2.45, 2.75) is 0 Å². The van der Waals surface area contributed by atoms with Crippen LogP contribution in [0.1, 0.15) is 0 Å². The number of fused-ring (bicyclic) bond motifs is 5. The number of rotatable bonds is 3. The van der Waals surface area contributed by atoms with Crippen molar-refractivity contribution in [1.29, 1.82) is 0 Å². The summed E-state index contributed by atoms with van der Waals surface area (Å²) in [6, 6.07) is 62.1. The van der Waals surface area contributed by atoms with Gasteiger partial charge in [-0.2, -0.15) is 0 Å². The third-order valence-corrected chi connectivity index (χ3v) is 10.6. The maximum absolute atomic E-state index is 6.66. The van der Waals surface area contributed by atoms with E-state index in [1.54, 1.807) is 0 Å². The van der Waals surface area contributed by atoms with Crippen molar-refractivity contribution in [3.8, 4) is 33.4 Å². The first-order valence-corrected chi connectivity index (χ1v) is 16.9. The molecular weight excluding hydrogens is 593 g/mol. The van der Waals surface area contributed by atoms with Crippen LogP contribution in [0.15, 0.2) is 174 Å². The molecule has 0 unspecified atom stereocenters. The molecule has 0 spiro atoms. The van der Waals surface area contributed by atoms with Gasteiger partial charge in [-0.15, -0.1) is 0 Å². The van der Waals surface area contributed by atoms with Crippen molar-refractivity contribution in [2.75, 3.05) is 0 Å². The topological polar surface area (TPSA) is 13.1 Å². The van der Waals surface area contributed by atoms with Crippen molar-refractivity contribution in [3.05, 3.63) is 170 Å². The lowest BCUT2D eigenvalue weighted by molar-refractivity contribution is 0.670. The van der Waals surface area contributed by atoms with E-state index in [0.717, 1.165) is 27.5 Å². The first-order valence-electron chi connectivity index (χ1n) is 16.9. The molecular formula is C48H28O. The van der Waals surface area contributed by atoms with Gasteiger partial charge in [0.1, 0.15) is 11.2 Å². The lowest BCUT2D eigenvalue weighted by atomic mass is 9.83. The largest absolute Gasteiger partial charge is 0.455 e. The molecule has 1 heteroatoms. The summed E-state index contributed by atoms with van der Waals surface area (Å²) >= 11 is 0. The SMILES string of the molecule is c1ccc2c(-c3ccc4ccc5c(-c6cccc7ccccc67)cc(-c6cccc7c6oc6ccccc67)c6ccc3c4c56)cccc2c1. The van der Waals surface area contributed by atoms with Crippen LogP contribution in [0, 0.1) is 0 Å². The van der Waals surface area contributed by atoms with Crippen LogP contribution in [0.3, 0.4) is 0 Å². The van der Waals surface area contributed by atoms with Gasteiger partial charge in [-0.1, -0.05) is 158 Å². The Balaban J connectivity index is 1.32. The van der Waals surface area contributed by atoms with Crippen LogP contribution in [0.25, 0.3) is 109 Å². The molecule has 49 heavy (non-hydrogen) atoms. The Morgan fingerprint density at radius 3 is 1.51 bits per heavy atom. The lowest BCUT2D eigenvalue weighted by Crippen LogP contribution is -1.93. The number of hydrogen-bond donors (Lipinski definition) is 0. The third-order valence-electron chi connectivity index (χ3n) is 10.6. The van der Waals surface area contributed by atoms with E-state index in [4.69, 9.17) is 4.42 Å². The van der Waals surface area contributed by atoms with Gasteiger partial charge in [0.05, 0.1) is 0 Å². The molecule has 0 radical (unpaired) electrons. The predicted octanol–water partition coefficient (Wildman–Crippen LogP) is 13.8. The van der Waals surface area contributed by atoms with Crippen molar-refractivity contribution in [1.82, 2.24) is 0 Å². The van der Waals surface area contributed by atoms with E-state index in [1.165, 1.54) is 81.7 Å². The van der Waals surface area contributed by atoms with E-state index in [-0.39, 0.29) is 0 Å². The van der Waals surface area contributed by atoms with E-state index >= 15 is 0 Å². The smallest absolute Gasteiger partial charge is 0.143 e. The van der Waals surface area contributed by atoms with Crippen molar-refractivity contribution in [3.63, 3.8) is 0 Å². The van der Waals surface area contributed by atoms with Crippen molar-refractivity contribution in [2.24, 2.45) is 0 Å². The second-order valence-corrected chi connectivity index (χ2v) is 13.2. The molecule has 0 aliphatic rings. The first kappa shape index (κ1) is 26.6. The van der Waals surface area contributed by atoms with Gasteiger partial charge in [0.15, 0.2) is 0 Å². The maximum atomic E-state index is 6.66. The van der Waals surface area contributed by atoms with Gasteiger partial charge in [-0.3, -0.25) is 0 Å². The predicted molar refractivity (Wildman–Crippen MR) is 209 cm³/mol. The molecule has 10 aromatic carbocycles. The Labute approximate surface area is 282 Å². The molecule has 0 aliphatic heterocycles. The summed E-state index contributed by atoms with van der Waals surface area (Å²) in [5, 5.41) is 14.9. The Morgan fingerprint density at radius 2 is 0.755 bits per heavy atom. The molecule has 0 fully saturated rings. The minimum Gasteiger partial charge on any atom is -0.455 e.